The van der Waals surface area contributed by atoms with Crippen LogP contribution in [0.4, 0.5) is 0 Å². The number of methoxy groups -OCH3 is 1. The molecule has 0 bridgehead atoms. The number of hydrogen-bond donors (Lipinski definition) is 2. The summed E-state index contributed by atoms with van der Waals surface area (Å²) >= 11 is 0. The van der Waals surface area contributed by atoms with E-state index in [0.29, 0.717) is 5.92 Å². The van der Waals surface area contributed by atoms with E-state index in [2.05, 4.69) is 6.92 Å². The maximum Gasteiger partial charge on any atom is 0.109 e. The maximum atomic E-state index is 9.81. The molecular weight excluding hydrogens is 168 g/mol. The molecule has 0 spiro atoms. The van der Waals surface area contributed by atoms with Gasteiger partial charge in [0.1, 0.15) is 6.10 Å². The van der Waals surface area contributed by atoms with Gasteiger partial charge in [-0.05, 0) is 17.8 Å². The third kappa shape index (κ3) is 1.73. The summed E-state index contributed by atoms with van der Waals surface area (Å²) in [4.78, 5) is 0. The molecule has 0 radical (unpaired) electrons. The quantitative estimate of drug-likeness (QED) is 0.635. The van der Waals surface area contributed by atoms with Crippen molar-refractivity contribution in [3.8, 4) is 0 Å². The van der Waals surface area contributed by atoms with Gasteiger partial charge in [-0.15, -0.1) is 0 Å². The van der Waals surface area contributed by atoms with Crippen molar-refractivity contribution < 1.29 is 14.9 Å². The molecule has 0 amide bonds. The molecule has 1 aliphatic carbocycles. The van der Waals surface area contributed by atoms with Crippen LogP contribution in [0, 0.1) is 17.8 Å². The van der Waals surface area contributed by atoms with Crippen LogP contribution >= 0.6 is 0 Å². The predicted octanol–water partition coefficient (Wildman–Crippen LogP) is 0.645. The van der Waals surface area contributed by atoms with Crippen molar-refractivity contribution in [2.45, 2.75) is 39.1 Å². The van der Waals surface area contributed by atoms with Crippen LogP contribution in [-0.4, -0.2) is 35.6 Å². The second kappa shape index (κ2) is 3.95. The van der Waals surface area contributed by atoms with Gasteiger partial charge in [0, 0.05) is 7.11 Å². The summed E-state index contributed by atoms with van der Waals surface area (Å²) in [6.07, 6.45) is -1.53. The molecule has 78 valence electrons. The van der Waals surface area contributed by atoms with E-state index >= 15 is 0 Å². The molecule has 1 aliphatic rings. The Bertz CT molecular complexity index is 156. The SMILES string of the molecule is COC1C(O)C(C)C(C)C(C)C1O. The summed E-state index contributed by atoms with van der Waals surface area (Å²) in [6, 6.07) is 0. The smallest absolute Gasteiger partial charge is 0.109 e. The minimum absolute atomic E-state index is 0.184. The Balaban J connectivity index is 2.79. The summed E-state index contributed by atoms with van der Waals surface area (Å²) in [7, 11) is 1.53. The van der Waals surface area contributed by atoms with E-state index in [1.807, 2.05) is 13.8 Å². The van der Waals surface area contributed by atoms with Crippen LogP contribution in [0.25, 0.3) is 0 Å². The summed E-state index contributed by atoms with van der Waals surface area (Å²) in [6.45, 7) is 6.07. The third-order valence-electron chi connectivity index (χ3n) is 3.68. The van der Waals surface area contributed by atoms with E-state index < -0.39 is 18.3 Å². The Labute approximate surface area is 79.7 Å². The van der Waals surface area contributed by atoms with Gasteiger partial charge in [0.2, 0.25) is 0 Å². The molecule has 1 rings (SSSR count). The number of hydrogen-bond acceptors (Lipinski definition) is 3. The summed E-state index contributed by atoms with van der Waals surface area (Å²) in [5.41, 5.74) is 0. The Kier molecular flexibility index (Phi) is 3.33. The van der Waals surface area contributed by atoms with Gasteiger partial charge in [0.15, 0.2) is 0 Å². The molecule has 4 unspecified atom stereocenters. The molecule has 0 aromatic heterocycles. The zero-order valence-electron chi connectivity index (χ0n) is 8.77. The Morgan fingerprint density at radius 1 is 0.846 bits per heavy atom. The number of ether oxygens (including phenoxy) is 1. The molecule has 3 nitrogen and oxygen atoms in total. The lowest BCUT2D eigenvalue weighted by molar-refractivity contribution is -0.161. The first-order valence-electron chi connectivity index (χ1n) is 4.89. The molecule has 1 fully saturated rings. The van der Waals surface area contributed by atoms with E-state index in [0.717, 1.165) is 0 Å². The van der Waals surface area contributed by atoms with Gasteiger partial charge in [-0.3, -0.25) is 0 Å². The highest BCUT2D eigenvalue weighted by Gasteiger charge is 2.44. The summed E-state index contributed by atoms with van der Waals surface area (Å²) < 4.78 is 5.10. The fourth-order valence-electron chi connectivity index (χ4n) is 2.18. The second-order valence-electron chi connectivity index (χ2n) is 4.26. The first-order chi connectivity index (χ1) is 6.00. The number of rotatable bonds is 1. The van der Waals surface area contributed by atoms with E-state index in [1.54, 1.807) is 0 Å². The van der Waals surface area contributed by atoms with Crippen molar-refractivity contribution in [1.29, 1.82) is 0 Å². The summed E-state index contributed by atoms with van der Waals surface area (Å²) in [5.74, 6) is 0.697. The van der Waals surface area contributed by atoms with Crippen LogP contribution in [-0.2, 0) is 4.74 Å². The van der Waals surface area contributed by atoms with Gasteiger partial charge in [0.05, 0.1) is 12.2 Å². The van der Waals surface area contributed by atoms with Crippen molar-refractivity contribution >= 4 is 0 Å². The van der Waals surface area contributed by atoms with Crippen molar-refractivity contribution in [2.75, 3.05) is 7.11 Å². The molecule has 4 atom stereocenters. The van der Waals surface area contributed by atoms with Crippen LogP contribution in [0.3, 0.4) is 0 Å². The molecule has 0 aliphatic heterocycles. The first-order valence-corrected chi connectivity index (χ1v) is 4.89. The predicted molar refractivity (Wildman–Crippen MR) is 50.3 cm³/mol. The Morgan fingerprint density at radius 3 is 1.54 bits per heavy atom. The van der Waals surface area contributed by atoms with Crippen LogP contribution in [0.15, 0.2) is 0 Å². The molecule has 0 aromatic carbocycles. The second-order valence-corrected chi connectivity index (χ2v) is 4.26. The van der Waals surface area contributed by atoms with Crippen LogP contribution in [0.1, 0.15) is 20.8 Å². The third-order valence-corrected chi connectivity index (χ3v) is 3.68. The highest BCUT2D eigenvalue weighted by Crippen LogP contribution is 2.35. The first kappa shape index (κ1) is 11.0. The highest BCUT2D eigenvalue weighted by atomic mass is 16.5. The van der Waals surface area contributed by atoms with Crippen molar-refractivity contribution in [2.24, 2.45) is 17.8 Å². The van der Waals surface area contributed by atoms with Gasteiger partial charge in [-0.1, -0.05) is 20.8 Å². The van der Waals surface area contributed by atoms with Gasteiger partial charge in [-0.25, -0.2) is 0 Å². The van der Waals surface area contributed by atoms with Crippen LogP contribution < -0.4 is 0 Å². The maximum absolute atomic E-state index is 9.81. The monoisotopic (exact) mass is 188 g/mol. The largest absolute Gasteiger partial charge is 0.390 e. The van der Waals surface area contributed by atoms with E-state index in [-0.39, 0.29) is 11.8 Å². The fraction of sp³-hybridized carbons (Fsp3) is 1.00. The molecular formula is C10H20O3. The lowest BCUT2D eigenvalue weighted by Gasteiger charge is -2.44. The topological polar surface area (TPSA) is 49.7 Å². The molecule has 2 N–H and O–H groups in total. The van der Waals surface area contributed by atoms with Crippen molar-refractivity contribution in [3.63, 3.8) is 0 Å². The lowest BCUT2D eigenvalue weighted by Crippen LogP contribution is -2.54. The minimum Gasteiger partial charge on any atom is -0.390 e. The molecule has 0 heterocycles. The van der Waals surface area contributed by atoms with Crippen LogP contribution in [0.5, 0.6) is 0 Å². The molecule has 0 aromatic rings. The summed E-state index contributed by atoms with van der Waals surface area (Å²) in [5, 5.41) is 19.6. The van der Waals surface area contributed by atoms with Crippen molar-refractivity contribution in [1.82, 2.24) is 0 Å². The molecule has 1 saturated carbocycles. The van der Waals surface area contributed by atoms with Gasteiger partial charge >= 0.3 is 0 Å². The average molecular weight is 188 g/mol. The molecule has 0 saturated heterocycles. The van der Waals surface area contributed by atoms with E-state index in [4.69, 9.17) is 4.74 Å². The van der Waals surface area contributed by atoms with E-state index in [9.17, 15) is 10.2 Å². The number of aliphatic hydroxyl groups excluding tert-OH is 2. The Hall–Kier alpha value is -0.120. The zero-order valence-corrected chi connectivity index (χ0v) is 8.77. The van der Waals surface area contributed by atoms with Gasteiger partial charge in [0.25, 0.3) is 0 Å². The van der Waals surface area contributed by atoms with Crippen LogP contribution in [0.2, 0.25) is 0 Å². The molecule has 3 heteroatoms. The average Bonchev–Trinajstić information content (AvgIpc) is 2.13. The number of aliphatic hydroxyl groups is 2. The van der Waals surface area contributed by atoms with Gasteiger partial charge in [-0.2, -0.15) is 0 Å². The minimum atomic E-state index is -0.550. The lowest BCUT2D eigenvalue weighted by atomic mass is 9.70. The van der Waals surface area contributed by atoms with Crippen molar-refractivity contribution in [3.05, 3.63) is 0 Å². The normalized spacial score (nSPS) is 52.2. The molecule has 13 heavy (non-hydrogen) atoms. The fourth-order valence-corrected chi connectivity index (χ4v) is 2.18. The standard InChI is InChI=1S/C10H20O3/c1-5-6(2)8(11)10(13-4)9(12)7(5)3/h5-12H,1-4H3. The Morgan fingerprint density at radius 2 is 1.23 bits per heavy atom. The van der Waals surface area contributed by atoms with E-state index in [1.165, 1.54) is 7.11 Å². The van der Waals surface area contributed by atoms with Gasteiger partial charge < -0.3 is 14.9 Å². The highest BCUT2D eigenvalue weighted by molar-refractivity contribution is 4.93. The zero-order chi connectivity index (χ0) is 10.2.